The third-order valence-electron chi connectivity index (χ3n) is 3.61. The molecule has 3 rings (SSSR count). The monoisotopic (exact) mass is 377 g/mol. The lowest BCUT2D eigenvalue weighted by molar-refractivity contribution is -0.136. The Morgan fingerprint density at radius 2 is 1.92 bits per heavy atom. The van der Waals surface area contributed by atoms with Gasteiger partial charge in [-0.2, -0.15) is 24.5 Å². The normalized spacial score (nSPS) is 11.2. The fraction of sp³-hybridized carbons (Fsp3) is 0.111. The van der Waals surface area contributed by atoms with Gasteiger partial charge < -0.3 is 10.6 Å². The number of hydrogen-bond acceptors (Lipinski definition) is 3. The van der Waals surface area contributed by atoms with E-state index in [1.54, 1.807) is 12.3 Å². The van der Waals surface area contributed by atoms with Crippen LogP contribution in [0.5, 0.6) is 0 Å². The Hall–Kier alpha value is -2.87. The first-order valence-corrected chi connectivity index (χ1v) is 8.57. The molecule has 0 atom stereocenters. The topological polar surface area (TPSA) is 54.0 Å². The third kappa shape index (κ3) is 4.20. The summed E-state index contributed by atoms with van der Waals surface area (Å²) < 4.78 is 38.9. The molecular weight excluding hydrogens is 363 g/mol. The molecule has 0 spiro atoms. The fourth-order valence-corrected chi connectivity index (χ4v) is 3.06. The molecule has 0 unspecified atom stereocenters. The summed E-state index contributed by atoms with van der Waals surface area (Å²) in [4.78, 5) is 16.4. The van der Waals surface area contributed by atoms with Gasteiger partial charge in [-0.1, -0.05) is 18.2 Å². The zero-order valence-corrected chi connectivity index (χ0v) is 14.2. The Morgan fingerprint density at radius 1 is 1.12 bits per heavy atom. The highest BCUT2D eigenvalue weighted by Crippen LogP contribution is 2.34. The van der Waals surface area contributed by atoms with Crippen molar-refractivity contribution >= 4 is 23.1 Å². The van der Waals surface area contributed by atoms with Crippen LogP contribution in [0.3, 0.4) is 0 Å². The highest BCUT2D eigenvalue weighted by molar-refractivity contribution is 7.08. The molecule has 0 saturated carbocycles. The lowest BCUT2D eigenvalue weighted by atomic mass is 10.1. The van der Waals surface area contributed by atoms with E-state index in [1.807, 2.05) is 22.9 Å². The van der Waals surface area contributed by atoms with Crippen molar-refractivity contribution in [2.45, 2.75) is 12.7 Å². The Bertz CT molecular complexity index is 895. The van der Waals surface area contributed by atoms with Crippen LogP contribution in [0.25, 0.3) is 11.3 Å². The second-order valence-corrected chi connectivity index (χ2v) is 6.15. The zero-order valence-electron chi connectivity index (χ0n) is 13.4. The molecule has 0 fully saturated rings. The smallest absolute Gasteiger partial charge is 0.334 e. The number of para-hydroxylation sites is 1. The van der Waals surface area contributed by atoms with Crippen LogP contribution in [0, 0.1) is 0 Å². The van der Waals surface area contributed by atoms with Gasteiger partial charge in [0.25, 0.3) is 0 Å². The molecule has 0 radical (unpaired) electrons. The summed E-state index contributed by atoms with van der Waals surface area (Å²) in [7, 11) is 0. The molecule has 134 valence electrons. The average Bonchev–Trinajstić information content (AvgIpc) is 3.14. The molecule has 0 aliphatic carbocycles. The molecule has 26 heavy (non-hydrogen) atoms. The summed E-state index contributed by atoms with van der Waals surface area (Å²) in [6.45, 7) is 0.138. The van der Waals surface area contributed by atoms with Gasteiger partial charge in [0, 0.05) is 23.7 Å². The standard InChI is InChI=1S/C18H14F3N3OS/c19-18(20,21)14-5-1-2-6-15(14)24-17(25)23-10-12-4-3-8-22-16(12)13-7-9-26-11-13/h1-9,11H,10H2,(H2,23,24,25). The van der Waals surface area contributed by atoms with Crippen LogP contribution < -0.4 is 10.6 Å². The van der Waals surface area contributed by atoms with Gasteiger partial charge in [0.05, 0.1) is 16.9 Å². The number of aromatic nitrogens is 1. The molecule has 2 N–H and O–H groups in total. The van der Waals surface area contributed by atoms with Crippen LogP contribution in [0.4, 0.5) is 23.7 Å². The first-order valence-electron chi connectivity index (χ1n) is 7.62. The Labute approximate surface area is 151 Å². The second kappa shape index (κ2) is 7.57. The first kappa shape index (κ1) is 17.9. The first-order chi connectivity index (χ1) is 12.4. The van der Waals surface area contributed by atoms with Crippen LogP contribution in [-0.4, -0.2) is 11.0 Å². The molecule has 0 aliphatic rings. The van der Waals surface area contributed by atoms with Crippen LogP contribution in [0.15, 0.2) is 59.4 Å². The van der Waals surface area contributed by atoms with Crippen molar-refractivity contribution in [1.82, 2.24) is 10.3 Å². The van der Waals surface area contributed by atoms with Crippen LogP contribution in [0.1, 0.15) is 11.1 Å². The number of alkyl halides is 3. The van der Waals surface area contributed by atoms with Crippen LogP contribution in [-0.2, 0) is 12.7 Å². The maximum atomic E-state index is 13.0. The number of carbonyl (C=O) groups is 1. The van der Waals surface area contributed by atoms with Gasteiger partial charge in [-0.05, 0) is 35.2 Å². The number of amides is 2. The molecule has 2 amide bonds. The van der Waals surface area contributed by atoms with Gasteiger partial charge in [-0.15, -0.1) is 0 Å². The minimum absolute atomic E-state index is 0.138. The summed E-state index contributed by atoms with van der Waals surface area (Å²) in [6.07, 6.45) is -2.89. The van der Waals surface area contributed by atoms with Crippen molar-refractivity contribution in [3.8, 4) is 11.3 Å². The van der Waals surface area contributed by atoms with Crippen molar-refractivity contribution in [1.29, 1.82) is 0 Å². The fourth-order valence-electron chi connectivity index (χ4n) is 2.42. The molecule has 1 aromatic carbocycles. The van der Waals surface area contributed by atoms with Crippen molar-refractivity contribution in [3.05, 3.63) is 70.5 Å². The summed E-state index contributed by atoms with van der Waals surface area (Å²) >= 11 is 1.53. The van der Waals surface area contributed by atoms with Crippen molar-refractivity contribution in [3.63, 3.8) is 0 Å². The molecule has 2 aromatic heterocycles. The zero-order chi connectivity index (χ0) is 18.6. The predicted octanol–water partition coefficient (Wildman–Crippen LogP) is 5.15. The van der Waals surface area contributed by atoms with E-state index in [0.717, 1.165) is 22.9 Å². The number of nitrogens with one attached hydrogen (secondary N) is 2. The summed E-state index contributed by atoms with van der Waals surface area (Å²) in [5.74, 6) is 0. The molecule has 2 heterocycles. The van der Waals surface area contributed by atoms with Gasteiger partial charge in [0.1, 0.15) is 0 Å². The van der Waals surface area contributed by atoms with Crippen LogP contribution >= 0.6 is 11.3 Å². The number of nitrogens with zero attached hydrogens (tertiary/aromatic N) is 1. The molecule has 0 saturated heterocycles. The molecule has 0 aliphatic heterocycles. The maximum Gasteiger partial charge on any atom is 0.418 e. The number of benzene rings is 1. The van der Waals surface area contributed by atoms with E-state index in [0.29, 0.717) is 0 Å². The number of hydrogen-bond donors (Lipinski definition) is 2. The second-order valence-electron chi connectivity index (χ2n) is 5.37. The van der Waals surface area contributed by atoms with Gasteiger partial charge in [0.15, 0.2) is 0 Å². The molecule has 4 nitrogen and oxygen atoms in total. The summed E-state index contributed by atoms with van der Waals surface area (Å²) in [6, 6.07) is 9.58. The number of rotatable bonds is 4. The van der Waals surface area contributed by atoms with E-state index in [2.05, 4.69) is 15.6 Å². The maximum absolute atomic E-state index is 13.0. The Balaban J connectivity index is 1.70. The van der Waals surface area contributed by atoms with Crippen molar-refractivity contribution in [2.75, 3.05) is 5.32 Å². The van der Waals surface area contributed by atoms with Crippen molar-refractivity contribution < 1.29 is 18.0 Å². The van der Waals surface area contributed by atoms with E-state index in [-0.39, 0.29) is 12.2 Å². The van der Waals surface area contributed by atoms with E-state index < -0.39 is 17.8 Å². The van der Waals surface area contributed by atoms with Gasteiger partial charge in [0.2, 0.25) is 0 Å². The van der Waals surface area contributed by atoms with Crippen molar-refractivity contribution in [2.24, 2.45) is 0 Å². The number of thiophene rings is 1. The van der Waals surface area contributed by atoms with E-state index in [9.17, 15) is 18.0 Å². The lowest BCUT2D eigenvalue weighted by Crippen LogP contribution is -2.29. The number of pyridine rings is 1. The molecule has 8 heteroatoms. The largest absolute Gasteiger partial charge is 0.418 e. The average molecular weight is 377 g/mol. The summed E-state index contributed by atoms with van der Waals surface area (Å²) in [5.41, 5.74) is 1.24. The number of halogens is 3. The Morgan fingerprint density at radius 3 is 2.65 bits per heavy atom. The summed E-state index contributed by atoms with van der Waals surface area (Å²) in [5, 5.41) is 8.68. The number of carbonyl (C=O) groups excluding carboxylic acids is 1. The number of anilines is 1. The van der Waals surface area contributed by atoms with Crippen LogP contribution in [0.2, 0.25) is 0 Å². The molecule has 0 bridgehead atoms. The van der Waals surface area contributed by atoms with E-state index >= 15 is 0 Å². The highest BCUT2D eigenvalue weighted by atomic mass is 32.1. The molecule has 3 aromatic rings. The minimum atomic E-state index is -4.54. The van der Waals surface area contributed by atoms with E-state index in [1.165, 1.54) is 29.5 Å². The van der Waals surface area contributed by atoms with Gasteiger partial charge >= 0.3 is 12.2 Å². The van der Waals surface area contributed by atoms with Gasteiger partial charge in [-0.25, -0.2) is 4.79 Å². The highest BCUT2D eigenvalue weighted by Gasteiger charge is 2.33. The lowest BCUT2D eigenvalue weighted by Gasteiger charge is -2.14. The minimum Gasteiger partial charge on any atom is -0.334 e. The van der Waals surface area contributed by atoms with Gasteiger partial charge in [-0.3, -0.25) is 4.98 Å². The Kier molecular flexibility index (Phi) is 5.22. The molecular formula is C18H14F3N3OS. The SMILES string of the molecule is O=C(NCc1cccnc1-c1ccsc1)Nc1ccccc1C(F)(F)F. The van der Waals surface area contributed by atoms with E-state index in [4.69, 9.17) is 0 Å². The quantitative estimate of drug-likeness (QED) is 0.661. The third-order valence-corrected chi connectivity index (χ3v) is 4.29. The predicted molar refractivity (Wildman–Crippen MR) is 94.9 cm³/mol. The number of urea groups is 1.